The van der Waals surface area contributed by atoms with Crippen LogP contribution in [-0.4, -0.2) is 38.8 Å². The largest absolute Gasteiger partial charge is 0.454 e. The number of nitrogens with zero attached hydrogens (tertiary/aromatic N) is 3. The fourth-order valence-electron chi connectivity index (χ4n) is 4.84. The van der Waals surface area contributed by atoms with Gasteiger partial charge in [-0.3, -0.25) is 4.79 Å². The summed E-state index contributed by atoms with van der Waals surface area (Å²) in [7, 11) is 0. The van der Waals surface area contributed by atoms with Gasteiger partial charge < -0.3 is 29.4 Å². The van der Waals surface area contributed by atoms with E-state index >= 15 is 0 Å². The molecule has 6 rings (SSSR count). The number of rotatable bonds is 6. The molecule has 4 aromatic rings. The number of ether oxygens (including phenoxy) is 2. The van der Waals surface area contributed by atoms with Crippen molar-refractivity contribution in [2.24, 2.45) is 0 Å². The Hall–Kier alpha value is -4.37. The quantitative estimate of drug-likeness (QED) is 0.402. The first-order valence-corrected chi connectivity index (χ1v) is 12.0. The highest BCUT2D eigenvalue weighted by molar-refractivity contribution is 5.95. The standard InChI is InChI=1S/C28H25FN4O4/c1-17-12-30-26(31-23-3-2-4-25-27(23)37-16-36-25)11-22(17)20-10-24-28(35)33(8-7-32(24)14-20)13-19-9-21(29)6-5-18(19)15-34/h2-6,9-12,14,34H,7-8,13,15-16H2,1H3,(H,30,31). The van der Waals surface area contributed by atoms with Gasteiger partial charge >= 0.3 is 0 Å². The number of aromatic nitrogens is 2. The predicted octanol–water partition coefficient (Wildman–Crippen LogP) is 4.62. The lowest BCUT2D eigenvalue weighted by Crippen LogP contribution is -2.39. The summed E-state index contributed by atoms with van der Waals surface area (Å²) in [5.74, 6) is 1.46. The Morgan fingerprint density at radius 2 is 2.00 bits per heavy atom. The molecule has 0 spiro atoms. The number of aliphatic hydroxyl groups excluding tert-OH is 1. The minimum absolute atomic E-state index is 0.132. The van der Waals surface area contributed by atoms with Crippen molar-refractivity contribution >= 4 is 17.4 Å². The lowest BCUT2D eigenvalue weighted by atomic mass is 10.0. The number of aryl methyl sites for hydroxylation is 1. The van der Waals surface area contributed by atoms with Crippen molar-refractivity contribution in [3.05, 3.63) is 89.1 Å². The van der Waals surface area contributed by atoms with Crippen LogP contribution in [0.5, 0.6) is 11.5 Å². The fourth-order valence-corrected chi connectivity index (χ4v) is 4.84. The Labute approximate surface area is 212 Å². The van der Waals surface area contributed by atoms with Crippen LogP contribution in [0.3, 0.4) is 0 Å². The molecule has 0 radical (unpaired) electrons. The molecule has 2 aromatic heterocycles. The van der Waals surface area contributed by atoms with Crippen LogP contribution < -0.4 is 14.8 Å². The molecule has 2 aliphatic rings. The number of halogens is 1. The van der Waals surface area contributed by atoms with Gasteiger partial charge in [0, 0.05) is 37.6 Å². The van der Waals surface area contributed by atoms with Crippen molar-refractivity contribution in [1.29, 1.82) is 0 Å². The summed E-state index contributed by atoms with van der Waals surface area (Å²) >= 11 is 0. The number of carbonyl (C=O) groups excluding carboxylic acids is 1. The molecule has 2 aliphatic heterocycles. The van der Waals surface area contributed by atoms with Gasteiger partial charge in [0.1, 0.15) is 17.3 Å². The third-order valence-corrected chi connectivity index (χ3v) is 6.79. The number of aliphatic hydroxyl groups is 1. The Balaban J connectivity index is 1.27. The number of hydrogen-bond acceptors (Lipinski definition) is 6. The Kier molecular flexibility index (Phi) is 5.77. The molecule has 0 aliphatic carbocycles. The number of para-hydroxylation sites is 1. The summed E-state index contributed by atoms with van der Waals surface area (Å²) < 4.78 is 26.8. The summed E-state index contributed by atoms with van der Waals surface area (Å²) in [6, 6.07) is 13.7. The summed E-state index contributed by atoms with van der Waals surface area (Å²) in [6.07, 6.45) is 3.78. The second-order valence-corrected chi connectivity index (χ2v) is 9.15. The molecule has 0 saturated carbocycles. The summed E-state index contributed by atoms with van der Waals surface area (Å²) in [5.41, 5.74) is 5.40. The molecule has 0 atom stereocenters. The molecule has 2 aromatic carbocycles. The van der Waals surface area contributed by atoms with Gasteiger partial charge in [-0.15, -0.1) is 0 Å². The van der Waals surface area contributed by atoms with E-state index in [-0.39, 0.29) is 31.7 Å². The third kappa shape index (κ3) is 4.27. The van der Waals surface area contributed by atoms with Crippen molar-refractivity contribution in [2.75, 3.05) is 18.7 Å². The average Bonchev–Trinajstić information content (AvgIpc) is 3.55. The second-order valence-electron chi connectivity index (χ2n) is 9.15. The highest BCUT2D eigenvalue weighted by Gasteiger charge is 2.27. The number of fused-ring (bicyclic) bond motifs is 2. The zero-order valence-electron chi connectivity index (χ0n) is 20.2. The first-order chi connectivity index (χ1) is 18.0. The van der Waals surface area contributed by atoms with Crippen LogP contribution in [0.4, 0.5) is 15.9 Å². The maximum Gasteiger partial charge on any atom is 0.270 e. The zero-order valence-corrected chi connectivity index (χ0v) is 20.2. The van der Waals surface area contributed by atoms with Crippen LogP contribution in [0, 0.1) is 12.7 Å². The second kappa shape index (κ2) is 9.25. The lowest BCUT2D eigenvalue weighted by Gasteiger charge is -2.29. The molecule has 37 heavy (non-hydrogen) atoms. The highest BCUT2D eigenvalue weighted by Crippen LogP contribution is 2.40. The van der Waals surface area contributed by atoms with Gasteiger partial charge in [-0.05, 0) is 65.6 Å². The van der Waals surface area contributed by atoms with Gasteiger partial charge in [0.25, 0.3) is 5.91 Å². The minimum atomic E-state index is -0.389. The van der Waals surface area contributed by atoms with Gasteiger partial charge in [0.15, 0.2) is 11.5 Å². The predicted molar refractivity (Wildman–Crippen MR) is 135 cm³/mol. The van der Waals surface area contributed by atoms with E-state index in [4.69, 9.17) is 9.47 Å². The first kappa shape index (κ1) is 23.1. The number of carbonyl (C=O) groups is 1. The van der Waals surface area contributed by atoms with Gasteiger partial charge in [-0.25, -0.2) is 9.37 Å². The molecule has 2 N–H and O–H groups in total. The van der Waals surface area contributed by atoms with Crippen molar-refractivity contribution in [2.45, 2.75) is 26.6 Å². The van der Waals surface area contributed by atoms with Crippen molar-refractivity contribution in [1.82, 2.24) is 14.5 Å². The normalized spacial score (nSPS) is 14.1. The lowest BCUT2D eigenvalue weighted by molar-refractivity contribution is 0.0689. The van der Waals surface area contributed by atoms with Crippen LogP contribution in [0.1, 0.15) is 27.2 Å². The van der Waals surface area contributed by atoms with E-state index in [9.17, 15) is 14.3 Å². The summed E-state index contributed by atoms with van der Waals surface area (Å²) in [5, 5.41) is 12.9. The van der Waals surface area contributed by atoms with Crippen molar-refractivity contribution in [3.8, 4) is 22.6 Å². The Morgan fingerprint density at radius 3 is 2.86 bits per heavy atom. The molecule has 1 amide bonds. The van der Waals surface area contributed by atoms with Crippen molar-refractivity contribution in [3.63, 3.8) is 0 Å². The molecule has 188 valence electrons. The molecule has 0 unspecified atom stereocenters. The first-order valence-electron chi connectivity index (χ1n) is 12.0. The van der Waals surface area contributed by atoms with E-state index in [1.807, 2.05) is 48.0 Å². The zero-order chi connectivity index (χ0) is 25.5. The van der Waals surface area contributed by atoms with Gasteiger partial charge in [0.2, 0.25) is 6.79 Å². The topological polar surface area (TPSA) is 88.9 Å². The molecule has 0 bridgehead atoms. The Bertz CT molecular complexity index is 1520. The summed E-state index contributed by atoms with van der Waals surface area (Å²) in [6.45, 7) is 3.30. The molecular formula is C28H25FN4O4. The molecule has 0 saturated heterocycles. The maximum atomic E-state index is 13.8. The minimum Gasteiger partial charge on any atom is -0.454 e. The van der Waals surface area contributed by atoms with E-state index in [1.54, 1.807) is 17.2 Å². The van der Waals surface area contributed by atoms with Crippen LogP contribution in [0.2, 0.25) is 0 Å². The van der Waals surface area contributed by atoms with Gasteiger partial charge in [-0.2, -0.15) is 0 Å². The number of benzene rings is 2. The number of pyridine rings is 1. The highest BCUT2D eigenvalue weighted by atomic mass is 19.1. The van der Waals surface area contributed by atoms with E-state index in [0.29, 0.717) is 47.2 Å². The van der Waals surface area contributed by atoms with E-state index in [0.717, 1.165) is 22.4 Å². The molecule has 0 fully saturated rings. The van der Waals surface area contributed by atoms with Crippen LogP contribution >= 0.6 is 0 Å². The van der Waals surface area contributed by atoms with Gasteiger partial charge in [-0.1, -0.05) is 12.1 Å². The SMILES string of the molecule is Cc1cnc(Nc2cccc3c2OCO3)cc1-c1cc2n(c1)CCN(Cc1cc(F)ccc1CO)C2=O. The van der Waals surface area contributed by atoms with Crippen LogP contribution in [-0.2, 0) is 19.7 Å². The van der Waals surface area contributed by atoms with Crippen LogP contribution in [0.25, 0.3) is 11.1 Å². The van der Waals surface area contributed by atoms with E-state index in [2.05, 4.69) is 10.3 Å². The molecule has 4 heterocycles. The summed E-state index contributed by atoms with van der Waals surface area (Å²) in [4.78, 5) is 19.6. The maximum absolute atomic E-state index is 13.8. The molecule has 8 nitrogen and oxygen atoms in total. The Morgan fingerprint density at radius 1 is 1.11 bits per heavy atom. The monoisotopic (exact) mass is 500 g/mol. The fraction of sp³-hybridized carbons (Fsp3) is 0.214. The van der Waals surface area contributed by atoms with Gasteiger partial charge in [0.05, 0.1) is 12.3 Å². The van der Waals surface area contributed by atoms with E-state index in [1.165, 1.54) is 12.1 Å². The van der Waals surface area contributed by atoms with Crippen molar-refractivity contribution < 1.29 is 23.8 Å². The van der Waals surface area contributed by atoms with Crippen LogP contribution in [0.15, 0.2) is 60.9 Å². The smallest absolute Gasteiger partial charge is 0.270 e. The number of nitrogens with one attached hydrogen (secondary N) is 1. The number of amides is 1. The number of hydrogen-bond donors (Lipinski definition) is 2. The molecule has 9 heteroatoms. The average molecular weight is 501 g/mol. The number of anilines is 2. The third-order valence-electron chi connectivity index (χ3n) is 6.79. The molecular weight excluding hydrogens is 475 g/mol. The van der Waals surface area contributed by atoms with E-state index < -0.39 is 0 Å².